The zero-order valence-electron chi connectivity index (χ0n) is 14.6. The fourth-order valence-electron chi connectivity index (χ4n) is 2.32. The molecule has 24 heavy (non-hydrogen) atoms. The second kappa shape index (κ2) is 8.43. The molecule has 130 valence electrons. The SMILES string of the molecule is CC/C=C/CCOc1c(OC)c2ccc(OC(C)C)cc2oc1=O. The topological polar surface area (TPSA) is 57.9 Å². The summed E-state index contributed by atoms with van der Waals surface area (Å²) < 4.78 is 22.0. The van der Waals surface area contributed by atoms with Crippen LogP contribution in [0.5, 0.6) is 17.2 Å². The summed E-state index contributed by atoms with van der Waals surface area (Å²) in [5, 5.41) is 0.673. The third kappa shape index (κ3) is 4.31. The number of methoxy groups -OCH3 is 1. The highest BCUT2D eigenvalue weighted by Gasteiger charge is 2.17. The Morgan fingerprint density at radius 2 is 2.00 bits per heavy atom. The number of ether oxygens (including phenoxy) is 3. The van der Waals surface area contributed by atoms with Crippen LogP contribution in [0, 0.1) is 0 Å². The molecular weight excluding hydrogens is 308 g/mol. The van der Waals surface area contributed by atoms with E-state index in [1.165, 1.54) is 7.11 Å². The summed E-state index contributed by atoms with van der Waals surface area (Å²) in [5.74, 6) is 1.13. The number of rotatable bonds is 8. The Morgan fingerprint density at radius 3 is 2.67 bits per heavy atom. The number of hydrogen-bond acceptors (Lipinski definition) is 5. The van der Waals surface area contributed by atoms with Crippen molar-refractivity contribution in [2.45, 2.75) is 39.7 Å². The monoisotopic (exact) mass is 332 g/mol. The first-order valence-electron chi connectivity index (χ1n) is 8.16. The Hall–Kier alpha value is -2.43. The predicted octanol–water partition coefficient (Wildman–Crippen LogP) is 4.32. The second-order valence-electron chi connectivity index (χ2n) is 5.59. The number of allylic oxidation sites excluding steroid dienone is 1. The smallest absolute Gasteiger partial charge is 0.383 e. The first-order valence-corrected chi connectivity index (χ1v) is 8.16. The molecule has 0 saturated heterocycles. The molecule has 1 aromatic heterocycles. The summed E-state index contributed by atoms with van der Waals surface area (Å²) in [4.78, 5) is 12.2. The Kier molecular flexibility index (Phi) is 6.29. The molecule has 0 atom stereocenters. The van der Waals surface area contributed by atoms with E-state index in [-0.39, 0.29) is 11.9 Å². The van der Waals surface area contributed by atoms with Crippen LogP contribution in [0.1, 0.15) is 33.6 Å². The number of hydrogen-bond donors (Lipinski definition) is 0. The lowest BCUT2D eigenvalue weighted by molar-refractivity contribution is 0.242. The van der Waals surface area contributed by atoms with Crippen molar-refractivity contribution in [3.63, 3.8) is 0 Å². The van der Waals surface area contributed by atoms with Crippen LogP contribution in [-0.4, -0.2) is 19.8 Å². The van der Waals surface area contributed by atoms with Crippen molar-refractivity contribution in [2.75, 3.05) is 13.7 Å². The molecule has 0 amide bonds. The Bertz CT molecular complexity index is 758. The van der Waals surface area contributed by atoms with Gasteiger partial charge in [0.2, 0.25) is 5.75 Å². The molecule has 0 radical (unpaired) electrons. The van der Waals surface area contributed by atoms with E-state index in [1.54, 1.807) is 12.1 Å². The predicted molar refractivity (Wildman–Crippen MR) is 94.3 cm³/mol. The van der Waals surface area contributed by atoms with Crippen LogP contribution in [0.2, 0.25) is 0 Å². The molecule has 0 aliphatic rings. The summed E-state index contributed by atoms with van der Waals surface area (Å²) in [7, 11) is 1.51. The van der Waals surface area contributed by atoms with Gasteiger partial charge in [0.25, 0.3) is 0 Å². The molecule has 0 saturated carbocycles. The minimum Gasteiger partial charge on any atom is -0.492 e. The largest absolute Gasteiger partial charge is 0.492 e. The van der Waals surface area contributed by atoms with E-state index >= 15 is 0 Å². The van der Waals surface area contributed by atoms with Crippen LogP contribution in [0.3, 0.4) is 0 Å². The normalized spacial score (nSPS) is 11.4. The molecule has 2 aromatic rings. The zero-order chi connectivity index (χ0) is 17.5. The number of benzene rings is 1. The first-order chi connectivity index (χ1) is 11.6. The van der Waals surface area contributed by atoms with Crippen LogP contribution in [-0.2, 0) is 0 Å². The molecule has 0 aliphatic heterocycles. The first kappa shape index (κ1) is 17.9. The molecule has 0 spiro atoms. The minimum absolute atomic E-state index is 0.0369. The van der Waals surface area contributed by atoms with Gasteiger partial charge in [0.15, 0.2) is 5.75 Å². The van der Waals surface area contributed by atoms with Crippen LogP contribution in [0.15, 0.2) is 39.6 Å². The summed E-state index contributed by atoms with van der Waals surface area (Å²) in [6.07, 6.45) is 5.80. The van der Waals surface area contributed by atoms with Crippen LogP contribution in [0.25, 0.3) is 11.0 Å². The van der Waals surface area contributed by atoms with Crippen LogP contribution >= 0.6 is 0 Å². The molecule has 5 heteroatoms. The Balaban J connectivity index is 2.33. The van der Waals surface area contributed by atoms with Gasteiger partial charge in [-0.25, -0.2) is 4.79 Å². The van der Waals surface area contributed by atoms with Crippen molar-refractivity contribution in [3.05, 3.63) is 40.8 Å². The van der Waals surface area contributed by atoms with Crippen molar-refractivity contribution in [3.8, 4) is 17.2 Å². The summed E-state index contributed by atoms with van der Waals surface area (Å²) in [6.45, 7) is 6.32. The molecule has 2 rings (SSSR count). The van der Waals surface area contributed by atoms with Gasteiger partial charge < -0.3 is 18.6 Å². The molecule has 1 heterocycles. The average Bonchev–Trinajstić information content (AvgIpc) is 2.54. The maximum Gasteiger partial charge on any atom is 0.383 e. The van der Waals surface area contributed by atoms with Crippen molar-refractivity contribution < 1.29 is 18.6 Å². The molecular formula is C19H24O5. The van der Waals surface area contributed by atoms with E-state index in [0.717, 1.165) is 12.8 Å². The van der Waals surface area contributed by atoms with Crippen LogP contribution < -0.4 is 19.8 Å². The van der Waals surface area contributed by atoms with Gasteiger partial charge in [0.05, 0.1) is 25.2 Å². The summed E-state index contributed by atoms with van der Waals surface area (Å²) in [5.41, 5.74) is -0.145. The second-order valence-corrected chi connectivity index (χ2v) is 5.59. The lowest BCUT2D eigenvalue weighted by Crippen LogP contribution is -2.10. The molecule has 0 fully saturated rings. The standard InChI is InChI=1S/C19H24O5/c1-5-6-7-8-11-22-18-17(21-4)15-10-9-14(23-13(2)3)12-16(15)24-19(18)20/h6-7,9-10,12-13H,5,8,11H2,1-4H3/b7-6+. The fraction of sp³-hybridized carbons (Fsp3) is 0.421. The molecule has 0 aliphatic carbocycles. The van der Waals surface area contributed by atoms with E-state index in [4.69, 9.17) is 18.6 Å². The van der Waals surface area contributed by atoms with Crippen LogP contribution in [0.4, 0.5) is 0 Å². The maximum atomic E-state index is 12.2. The lowest BCUT2D eigenvalue weighted by atomic mass is 10.2. The van der Waals surface area contributed by atoms with E-state index < -0.39 is 5.63 Å². The van der Waals surface area contributed by atoms with Crippen molar-refractivity contribution >= 4 is 11.0 Å². The highest BCUT2D eigenvalue weighted by atomic mass is 16.5. The van der Waals surface area contributed by atoms with Gasteiger partial charge in [-0.2, -0.15) is 0 Å². The molecule has 0 bridgehead atoms. The summed E-state index contributed by atoms with van der Waals surface area (Å²) in [6, 6.07) is 5.31. The van der Waals surface area contributed by atoms with E-state index in [9.17, 15) is 4.79 Å². The van der Waals surface area contributed by atoms with Gasteiger partial charge >= 0.3 is 5.63 Å². The third-order valence-corrected chi connectivity index (χ3v) is 3.30. The highest BCUT2D eigenvalue weighted by Crippen LogP contribution is 2.34. The van der Waals surface area contributed by atoms with Gasteiger partial charge in [-0.1, -0.05) is 19.1 Å². The fourth-order valence-corrected chi connectivity index (χ4v) is 2.32. The number of fused-ring (bicyclic) bond motifs is 1. The van der Waals surface area contributed by atoms with Gasteiger partial charge in [0.1, 0.15) is 11.3 Å². The zero-order valence-corrected chi connectivity index (χ0v) is 14.6. The lowest BCUT2D eigenvalue weighted by Gasteiger charge is -2.13. The minimum atomic E-state index is -0.555. The third-order valence-electron chi connectivity index (χ3n) is 3.30. The van der Waals surface area contributed by atoms with Crippen molar-refractivity contribution in [2.24, 2.45) is 0 Å². The highest BCUT2D eigenvalue weighted by molar-refractivity contribution is 5.86. The Labute approximate surface area is 141 Å². The molecule has 0 N–H and O–H groups in total. The Morgan fingerprint density at radius 1 is 1.21 bits per heavy atom. The van der Waals surface area contributed by atoms with Gasteiger partial charge in [0, 0.05) is 6.07 Å². The maximum absolute atomic E-state index is 12.2. The molecule has 5 nitrogen and oxygen atoms in total. The van der Waals surface area contributed by atoms with E-state index in [1.807, 2.05) is 26.0 Å². The quantitative estimate of drug-likeness (QED) is 0.409. The van der Waals surface area contributed by atoms with Crippen molar-refractivity contribution in [1.82, 2.24) is 0 Å². The van der Waals surface area contributed by atoms with Gasteiger partial charge in [-0.05, 0) is 38.8 Å². The average molecular weight is 332 g/mol. The summed E-state index contributed by atoms with van der Waals surface area (Å²) >= 11 is 0. The van der Waals surface area contributed by atoms with Gasteiger partial charge in [-0.15, -0.1) is 0 Å². The molecule has 0 unspecified atom stereocenters. The van der Waals surface area contributed by atoms with Gasteiger partial charge in [-0.3, -0.25) is 0 Å². The van der Waals surface area contributed by atoms with E-state index in [2.05, 4.69) is 13.0 Å². The van der Waals surface area contributed by atoms with Crippen molar-refractivity contribution in [1.29, 1.82) is 0 Å². The molecule has 1 aromatic carbocycles. The van der Waals surface area contributed by atoms with E-state index in [0.29, 0.717) is 29.1 Å².